The van der Waals surface area contributed by atoms with Crippen molar-refractivity contribution in [1.29, 1.82) is 0 Å². The number of ether oxygens (including phenoxy) is 1. The van der Waals surface area contributed by atoms with Crippen molar-refractivity contribution in [2.75, 3.05) is 11.8 Å². The first kappa shape index (κ1) is 24.0. The molecule has 0 unspecified atom stereocenters. The quantitative estimate of drug-likeness (QED) is 0.358. The van der Waals surface area contributed by atoms with Crippen molar-refractivity contribution in [2.45, 2.75) is 4.90 Å². The number of hydrazine groups is 1. The molecule has 0 saturated heterocycles. The summed E-state index contributed by atoms with van der Waals surface area (Å²) in [6, 6.07) is 12.4. The minimum atomic E-state index is -4.03. The van der Waals surface area contributed by atoms with Crippen molar-refractivity contribution in [3.05, 3.63) is 88.4 Å². The van der Waals surface area contributed by atoms with Crippen LogP contribution in [0.5, 0.6) is 5.75 Å². The number of methoxy groups -OCH3 is 1. The third kappa shape index (κ3) is 5.76. The van der Waals surface area contributed by atoms with E-state index in [0.717, 1.165) is 6.07 Å². The Labute approximate surface area is 192 Å². The normalized spacial score (nSPS) is 10.9. The summed E-state index contributed by atoms with van der Waals surface area (Å²) >= 11 is 5.72. The maximum atomic E-state index is 13.4. The van der Waals surface area contributed by atoms with E-state index in [1.54, 1.807) is 12.1 Å². The molecule has 0 spiro atoms. The number of hydrogen-bond acceptors (Lipinski definition) is 5. The summed E-state index contributed by atoms with van der Waals surface area (Å²) in [7, 11) is -2.55. The number of halogens is 3. The number of carbonyl (C=O) groups excluding carboxylic acids is 2. The summed E-state index contributed by atoms with van der Waals surface area (Å²) in [6.07, 6.45) is 0. The third-order valence-electron chi connectivity index (χ3n) is 4.29. The predicted molar refractivity (Wildman–Crippen MR) is 117 cm³/mol. The lowest BCUT2D eigenvalue weighted by Gasteiger charge is -2.11. The van der Waals surface area contributed by atoms with Gasteiger partial charge in [-0.3, -0.25) is 25.2 Å². The van der Waals surface area contributed by atoms with Crippen LogP contribution in [0.2, 0.25) is 5.02 Å². The molecule has 0 bridgehead atoms. The molecule has 2 amide bonds. The average molecular weight is 496 g/mol. The second kappa shape index (κ2) is 9.84. The van der Waals surface area contributed by atoms with E-state index in [4.69, 9.17) is 16.3 Å². The van der Waals surface area contributed by atoms with Gasteiger partial charge in [0.05, 0.1) is 22.6 Å². The Hall–Kier alpha value is -3.70. The highest BCUT2D eigenvalue weighted by Gasteiger charge is 2.19. The number of carbonyl (C=O) groups is 2. The summed E-state index contributed by atoms with van der Waals surface area (Å²) in [5.74, 6) is -3.84. The summed E-state index contributed by atoms with van der Waals surface area (Å²) in [5, 5.41) is -0.363. The van der Waals surface area contributed by atoms with Crippen molar-refractivity contribution in [3.8, 4) is 5.75 Å². The molecule has 33 heavy (non-hydrogen) atoms. The minimum absolute atomic E-state index is 0.0933. The number of hydrogen-bond donors (Lipinski definition) is 3. The number of sulfonamides is 1. The molecule has 0 aromatic heterocycles. The lowest BCUT2D eigenvalue weighted by molar-refractivity contribution is 0.0846. The van der Waals surface area contributed by atoms with Gasteiger partial charge in [-0.25, -0.2) is 17.2 Å². The molecule has 0 radical (unpaired) electrons. The van der Waals surface area contributed by atoms with Crippen LogP contribution in [0.3, 0.4) is 0 Å². The maximum Gasteiger partial charge on any atom is 0.271 e. The first-order valence-corrected chi connectivity index (χ1v) is 11.0. The molecule has 0 aliphatic heterocycles. The van der Waals surface area contributed by atoms with Gasteiger partial charge in [0, 0.05) is 11.3 Å². The van der Waals surface area contributed by atoms with Gasteiger partial charge >= 0.3 is 0 Å². The standard InChI is InChI=1S/C21H16ClF2N3O5S/c1-32-14-7-5-13(6-8-14)27-33(30,31)15-4-2-3-12(9-15)20(28)25-26-21(29)16-10-18(23)19(24)11-17(16)22/h2-11,27H,1H3,(H,25,28)(H,26,29). The number of nitrogens with one attached hydrogen (secondary N) is 3. The predicted octanol–water partition coefficient (Wildman–Crippen LogP) is 3.50. The Morgan fingerprint density at radius 3 is 2.21 bits per heavy atom. The molecule has 172 valence electrons. The molecule has 3 N–H and O–H groups in total. The Morgan fingerprint density at radius 2 is 1.55 bits per heavy atom. The molecular weight excluding hydrogens is 480 g/mol. The van der Waals surface area contributed by atoms with E-state index < -0.39 is 39.0 Å². The van der Waals surface area contributed by atoms with Gasteiger partial charge in [-0.15, -0.1) is 0 Å². The molecule has 8 nitrogen and oxygen atoms in total. The molecule has 0 aliphatic carbocycles. The van der Waals surface area contributed by atoms with Crippen molar-refractivity contribution in [3.63, 3.8) is 0 Å². The monoisotopic (exact) mass is 495 g/mol. The summed E-state index contributed by atoms with van der Waals surface area (Å²) < 4.78 is 59.2. The topological polar surface area (TPSA) is 114 Å². The Kier molecular flexibility index (Phi) is 7.14. The number of anilines is 1. The molecule has 0 atom stereocenters. The minimum Gasteiger partial charge on any atom is -0.497 e. The number of amides is 2. The lowest BCUT2D eigenvalue weighted by Crippen LogP contribution is -2.41. The van der Waals surface area contributed by atoms with Crippen molar-refractivity contribution < 1.29 is 31.5 Å². The lowest BCUT2D eigenvalue weighted by atomic mass is 10.2. The summed E-state index contributed by atoms with van der Waals surface area (Å²) in [4.78, 5) is 24.3. The van der Waals surface area contributed by atoms with Gasteiger partial charge in [-0.2, -0.15) is 0 Å². The fourth-order valence-electron chi connectivity index (χ4n) is 2.63. The number of rotatable bonds is 6. The zero-order chi connectivity index (χ0) is 24.2. The van der Waals surface area contributed by atoms with Crippen molar-refractivity contribution in [2.24, 2.45) is 0 Å². The zero-order valence-electron chi connectivity index (χ0n) is 16.9. The van der Waals surface area contributed by atoms with E-state index in [1.807, 2.05) is 5.43 Å². The second-order valence-electron chi connectivity index (χ2n) is 6.52. The van der Waals surface area contributed by atoms with Crippen LogP contribution in [0, 0.1) is 11.6 Å². The smallest absolute Gasteiger partial charge is 0.271 e. The van der Waals surface area contributed by atoms with Crippen LogP contribution in [0.1, 0.15) is 20.7 Å². The number of benzene rings is 3. The molecular formula is C21H16ClF2N3O5S. The van der Waals surface area contributed by atoms with Crippen LogP contribution in [-0.2, 0) is 10.0 Å². The van der Waals surface area contributed by atoms with Gasteiger partial charge in [-0.1, -0.05) is 17.7 Å². The van der Waals surface area contributed by atoms with Crippen LogP contribution >= 0.6 is 11.6 Å². The molecule has 0 aliphatic rings. The molecule has 0 saturated carbocycles. The van der Waals surface area contributed by atoms with Gasteiger partial charge < -0.3 is 4.74 Å². The molecule has 0 heterocycles. The van der Waals surface area contributed by atoms with Gasteiger partial charge in [0.15, 0.2) is 11.6 Å². The largest absolute Gasteiger partial charge is 0.497 e. The van der Waals surface area contributed by atoms with Crippen molar-refractivity contribution >= 4 is 39.1 Å². The zero-order valence-corrected chi connectivity index (χ0v) is 18.4. The third-order valence-corrected chi connectivity index (χ3v) is 5.98. The molecule has 3 aromatic carbocycles. The fraction of sp³-hybridized carbons (Fsp3) is 0.0476. The highest BCUT2D eigenvalue weighted by Crippen LogP contribution is 2.21. The van der Waals surface area contributed by atoms with Gasteiger partial charge in [0.2, 0.25) is 0 Å². The van der Waals surface area contributed by atoms with E-state index in [1.165, 1.54) is 37.4 Å². The van der Waals surface area contributed by atoms with E-state index in [9.17, 15) is 26.8 Å². The van der Waals surface area contributed by atoms with E-state index in [-0.39, 0.29) is 21.2 Å². The Morgan fingerprint density at radius 1 is 0.909 bits per heavy atom. The first-order chi connectivity index (χ1) is 15.6. The van der Waals surface area contributed by atoms with E-state index in [0.29, 0.717) is 17.9 Å². The molecule has 0 fully saturated rings. The highest BCUT2D eigenvalue weighted by atomic mass is 35.5. The first-order valence-electron chi connectivity index (χ1n) is 9.13. The summed E-state index contributed by atoms with van der Waals surface area (Å²) in [6.45, 7) is 0. The van der Waals surface area contributed by atoms with Crippen LogP contribution in [0.4, 0.5) is 14.5 Å². The Balaban J connectivity index is 1.71. The van der Waals surface area contributed by atoms with Crippen LogP contribution < -0.4 is 20.3 Å². The van der Waals surface area contributed by atoms with Crippen LogP contribution in [0.15, 0.2) is 65.6 Å². The van der Waals surface area contributed by atoms with E-state index >= 15 is 0 Å². The van der Waals surface area contributed by atoms with Crippen molar-refractivity contribution in [1.82, 2.24) is 10.9 Å². The van der Waals surface area contributed by atoms with Gasteiger partial charge in [-0.05, 0) is 54.6 Å². The second-order valence-corrected chi connectivity index (χ2v) is 8.61. The summed E-state index contributed by atoms with van der Waals surface area (Å²) in [5.41, 5.74) is 3.84. The fourth-order valence-corrected chi connectivity index (χ4v) is 3.97. The molecule has 3 rings (SSSR count). The highest BCUT2D eigenvalue weighted by molar-refractivity contribution is 7.92. The molecule has 3 aromatic rings. The van der Waals surface area contributed by atoms with Crippen LogP contribution in [0.25, 0.3) is 0 Å². The maximum absolute atomic E-state index is 13.4. The van der Waals surface area contributed by atoms with Crippen LogP contribution in [-0.4, -0.2) is 27.3 Å². The van der Waals surface area contributed by atoms with Gasteiger partial charge in [0.1, 0.15) is 5.75 Å². The van der Waals surface area contributed by atoms with E-state index in [2.05, 4.69) is 10.1 Å². The average Bonchev–Trinajstić information content (AvgIpc) is 2.80. The van der Waals surface area contributed by atoms with Gasteiger partial charge in [0.25, 0.3) is 21.8 Å². The molecule has 12 heteroatoms. The Bertz CT molecular complexity index is 1320. The SMILES string of the molecule is COc1ccc(NS(=O)(=O)c2cccc(C(=O)NNC(=O)c3cc(F)c(F)cc3Cl)c2)cc1.